The van der Waals surface area contributed by atoms with E-state index in [1.807, 2.05) is 0 Å². The normalized spacial score (nSPS) is 53.6. The van der Waals surface area contributed by atoms with Crippen molar-refractivity contribution in [3.05, 3.63) is 32.3 Å². The Hall–Kier alpha value is 1.05. The molecule has 0 aromatic rings. The molecule has 2 heterocycles. The molecule has 0 N–H and O–H groups in total. The molecule has 7 rings (SSSR count). The van der Waals surface area contributed by atoms with Crippen LogP contribution >= 0.6 is 92.8 Å². The van der Waals surface area contributed by atoms with Gasteiger partial charge in [-0.05, 0) is 0 Å². The molecule has 5 aliphatic carbocycles. The van der Waals surface area contributed by atoms with Crippen molar-refractivity contribution in [2.45, 2.75) is 31.1 Å². The van der Waals surface area contributed by atoms with Crippen LogP contribution in [0.15, 0.2) is 32.3 Å². The number of carbonyl (C=O) groups excluding carboxylic acids is 1. The van der Waals surface area contributed by atoms with Crippen LogP contribution in [-0.2, 0) is 23.7 Å². The van der Waals surface area contributed by atoms with E-state index < -0.39 is 54.7 Å². The van der Waals surface area contributed by atoms with E-state index in [4.69, 9.17) is 112 Å². The van der Waals surface area contributed by atoms with E-state index in [0.29, 0.717) is 0 Å². The minimum Gasteiger partial charge on any atom is -0.344 e. The van der Waals surface area contributed by atoms with Gasteiger partial charge in [-0.2, -0.15) is 0 Å². The van der Waals surface area contributed by atoms with Crippen LogP contribution in [0.5, 0.6) is 0 Å². The maximum absolute atomic E-state index is 14.6. The topological polar surface area (TPSA) is 54.0 Å². The third-order valence-electron chi connectivity index (χ3n) is 8.60. The van der Waals surface area contributed by atoms with Gasteiger partial charge >= 0.3 is 0 Å². The van der Waals surface area contributed by atoms with Crippen LogP contribution in [0.3, 0.4) is 0 Å². The molecule has 0 amide bonds. The number of fused-ring (bicyclic) bond motifs is 6. The van der Waals surface area contributed by atoms with E-state index in [0.717, 1.165) is 0 Å². The van der Waals surface area contributed by atoms with Crippen LogP contribution in [-0.4, -0.2) is 63.3 Å². The summed E-state index contributed by atoms with van der Waals surface area (Å²) in [6.45, 7) is 0.833. The second-order valence-corrected chi connectivity index (χ2v) is 13.4. The van der Waals surface area contributed by atoms with Crippen molar-refractivity contribution < 1.29 is 23.7 Å². The van der Waals surface area contributed by atoms with Crippen molar-refractivity contribution in [2.75, 3.05) is 26.4 Å². The van der Waals surface area contributed by atoms with Crippen LogP contribution in [0.25, 0.3) is 0 Å². The zero-order valence-electron chi connectivity index (χ0n) is 16.9. The molecule has 4 bridgehead atoms. The summed E-state index contributed by atoms with van der Waals surface area (Å²) in [5.74, 6) is -7.20. The molecule has 34 heavy (non-hydrogen) atoms. The third-order valence-corrected chi connectivity index (χ3v) is 13.9. The van der Waals surface area contributed by atoms with Crippen molar-refractivity contribution in [3.8, 4) is 0 Å². The van der Waals surface area contributed by atoms with Crippen molar-refractivity contribution in [3.63, 3.8) is 0 Å². The van der Waals surface area contributed by atoms with E-state index in [9.17, 15) is 4.79 Å². The first-order valence-corrected chi connectivity index (χ1v) is 13.6. The molecule has 0 unspecified atom stereocenters. The smallest absolute Gasteiger partial charge is 0.219 e. The summed E-state index contributed by atoms with van der Waals surface area (Å²) in [4.78, 5) is 8.07. The Morgan fingerprint density at radius 2 is 0.882 bits per heavy atom. The molecule has 0 radical (unpaired) electrons. The van der Waals surface area contributed by atoms with Gasteiger partial charge in [-0.25, -0.2) is 0 Å². The first-order chi connectivity index (χ1) is 15.9. The van der Waals surface area contributed by atoms with Gasteiger partial charge in [-0.3, -0.25) is 4.79 Å². The summed E-state index contributed by atoms with van der Waals surface area (Å²) < 4.78 is 24.1. The lowest BCUT2D eigenvalue weighted by atomic mass is 9.72. The van der Waals surface area contributed by atoms with Crippen molar-refractivity contribution >= 4 is 98.6 Å². The second kappa shape index (κ2) is 6.78. The van der Waals surface area contributed by atoms with Crippen LogP contribution < -0.4 is 0 Å². The minimum atomic E-state index is -1.70. The highest BCUT2D eigenvalue weighted by Gasteiger charge is 2.91. The number of rotatable bonds is 0. The number of ketones is 1. The predicted octanol–water partition coefficient (Wildman–Crippen LogP) is 5.42. The lowest BCUT2D eigenvalue weighted by Gasteiger charge is -2.41. The van der Waals surface area contributed by atoms with Gasteiger partial charge in [-0.1, -0.05) is 58.6 Å². The van der Waals surface area contributed by atoms with Crippen LogP contribution in [0.1, 0.15) is 0 Å². The summed E-state index contributed by atoms with van der Waals surface area (Å²) >= 11 is 55.6. The average Bonchev–Trinajstić information content (AvgIpc) is 3.58. The average molecular weight is 630 g/mol. The fraction of sp³-hybridized carbons (Fsp3) is 0.667. The third kappa shape index (κ3) is 1.95. The summed E-state index contributed by atoms with van der Waals surface area (Å²) in [5, 5.41) is 0.167. The number of alkyl halides is 4. The van der Waals surface area contributed by atoms with E-state index >= 15 is 0 Å². The van der Waals surface area contributed by atoms with Crippen LogP contribution in [0.4, 0.5) is 0 Å². The Morgan fingerprint density at radius 3 is 1.21 bits per heavy atom. The number of hydrogen-bond donors (Lipinski definition) is 0. The lowest BCUT2D eigenvalue weighted by Crippen LogP contribution is -2.58. The summed E-state index contributed by atoms with van der Waals surface area (Å²) in [6, 6.07) is 0. The van der Waals surface area contributed by atoms with E-state index in [2.05, 4.69) is 0 Å². The molecule has 2 saturated carbocycles. The first-order valence-electron chi connectivity index (χ1n) is 10.6. The number of ether oxygens (including phenoxy) is 4. The predicted molar refractivity (Wildman–Crippen MR) is 129 cm³/mol. The zero-order chi connectivity index (χ0) is 24.3. The molecular formula is C21H14Cl8O5. The Morgan fingerprint density at radius 1 is 0.588 bits per heavy atom. The minimum absolute atomic E-state index is 0.00398. The summed E-state index contributed by atoms with van der Waals surface area (Å²) in [6.07, 6.45) is 3.52. The quantitative estimate of drug-likeness (QED) is 0.265. The van der Waals surface area contributed by atoms with E-state index in [1.165, 1.54) is 0 Å². The number of hydrogen-bond acceptors (Lipinski definition) is 5. The largest absolute Gasteiger partial charge is 0.344 e. The molecule has 5 nitrogen and oxygen atoms in total. The Labute approximate surface area is 234 Å². The van der Waals surface area contributed by atoms with Gasteiger partial charge in [0.15, 0.2) is 0 Å². The van der Waals surface area contributed by atoms with Gasteiger partial charge < -0.3 is 18.9 Å². The second-order valence-electron chi connectivity index (χ2n) is 9.52. The standard InChI is InChI=1S/C21H14Cl8O5/c22-12-14(24)18(28)9-7(16(12,26)20(18)31-3-4-32-20)1-2-8-10(11(9)30)19(29)15(25)13(23)17(8,27)21(19)33-5-6-34-21/h1-2,7-10H,3-6H2/t7-,8-,9-,10+,16-,17+,18+,19+/m1/s1. The summed E-state index contributed by atoms with van der Waals surface area (Å²) in [5.41, 5.74) is 0. The molecule has 184 valence electrons. The Kier molecular flexibility index (Phi) is 4.81. The highest BCUT2D eigenvalue weighted by Crippen LogP contribution is 2.80. The first kappa shape index (κ1) is 24.1. The highest BCUT2D eigenvalue weighted by atomic mass is 35.5. The monoisotopic (exact) mass is 626 g/mol. The molecule has 8 atom stereocenters. The molecule has 2 spiro atoms. The maximum atomic E-state index is 14.6. The lowest BCUT2D eigenvalue weighted by molar-refractivity contribution is -0.176. The fourth-order valence-electron chi connectivity index (χ4n) is 7.45. The molecule has 13 heteroatoms. The number of carbonyl (C=O) groups is 1. The van der Waals surface area contributed by atoms with E-state index in [-0.39, 0.29) is 52.3 Å². The molecule has 0 aromatic carbocycles. The SMILES string of the molecule is O=C1[C@@H]2[C@@H](C=C[C@@H]3[C@H]1[C@]1(Cl)C(Cl)=C(Cl)[C@@]3(Cl)C13OCCO3)[C@]1(Cl)C(Cl)=C(Cl)[C@]2(Cl)C12OCCO2. The zero-order valence-corrected chi connectivity index (χ0v) is 22.9. The van der Waals surface area contributed by atoms with Crippen molar-refractivity contribution in [2.24, 2.45) is 23.7 Å². The molecule has 0 aromatic heterocycles. The fourth-order valence-corrected chi connectivity index (χ4v) is 11.6. The van der Waals surface area contributed by atoms with Gasteiger partial charge in [-0.15, -0.1) is 46.4 Å². The highest BCUT2D eigenvalue weighted by molar-refractivity contribution is 6.54. The van der Waals surface area contributed by atoms with Crippen molar-refractivity contribution in [1.82, 2.24) is 0 Å². The molecule has 2 saturated heterocycles. The van der Waals surface area contributed by atoms with Gasteiger partial charge in [0.25, 0.3) is 0 Å². The maximum Gasteiger partial charge on any atom is 0.219 e. The number of Topliss-reactive ketones (excluding diaryl/α,β-unsaturated/α-hetero) is 1. The van der Waals surface area contributed by atoms with Gasteiger partial charge in [0.1, 0.15) is 25.3 Å². The van der Waals surface area contributed by atoms with Crippen LogP contribution in [0, 0.1) is 23.7 Å². The molecular weight excluding hydrogens is 616 g/mol. The van der Waals surface area contributed by atoms with Gasteiger partial charge in [0.2, 0.25) is 11.6 Å². The molecule has 4 fully saturated rings. The number of allylic oxidation sites excluding steroid dienone is 2. The molecule has 7 aliphatic rings. The Bertz CT molecular complexity index is 1070. The van der Waals surface area contributed by atoms with Gasteiger partial charge in [0, 0.05) is 11.8 Å². The van der Waals surface area contributed by atoms with E-state index in [1.54, 1.807) is 12.2 Å². The van der Waals surface area contributed by atoms with Gasteiger partial charge in [0.05, 0.1) is 58.4 Å². The summed E-state index contributed by atoms with van der Waals surface area (Å²) in [7, 11) is 0. The molecule has 2 aliphatic heterocycles. The van der Waals surface area contributed by atoms with Crippen LogP contribution in [0.2, 0.25) is 0 Å². The van der Waals surface area contributed by atoms with Crippen molar-refractivity contribution in [1.29, 1.82) is 0 Å². The Balaban J connectivity index is 1.48. The number of halogens is 8.